The fourth-order valence-corrected chi connectivity index (χ4v) is 2.95. The van der Waals surface area contributed by atoms with Gasteiger partial charge in [-0.15, -0.1) is 4.98 Å². The molecule has 0 radical (unpaired) electrons. The normalized spacial score (nSPS) is 17.3. The SMILES string of the molecule is COc1nc(OC)nc(N2CCN(C(C)=O)[C@H](c3ccccc3)C2)n1. The summed E-state index contributed by atoms with van der Waals surface area (Å²) in [5.41, 5.74) is 1.08. The molecule has 1 aromatic heterocycles. The standard InChI is InChI=1S/C17H21N5O3/c1-12(23)22-10-9-21(11-14(22)13-7-5-4-6-8-13)15-18-16(24-2)20-17(19-15)25-3/h4-8,14H,9-11H2,1-3H3/t14-/m0/s1. The Balaban J connectivity index is 1.91. The molecule has 132 valence electrons. The number of hydrogen-bond donors (Lipinski definition) is 0. The van der Waals surface area contributed by atoms with Crippen LogP contribution < -0.4 is 14.4 Å². The van der Waals surface area contributed by atoms with Gasteiger partial charge in [0.05, 0.1) is 20.3 Å². The largest absolute Gasteiger partial charge is 0.467 e. The van der Waals surface area contributed by atoms with Crippen LogP contribution in [0.25, 0.3) is 0 Å². The van der Waals surface area contributed by atoms with Gasteiger partial charge in [0.15, 0.2) is 0 Å². The van der Waals surface area contributed by atoms with Crippen LogP contribution in [0.15, 0.2) is 30.3 Å². The van der Waals surface area contributed by atoms with Crippen molar-refractivity contribution in [2.24, 2.45) is 0 Å². The molecule has 8 heteroatoms. The van der Waals surface area contributed by atoms with Crippen molar-refractivity contribution in [1.82, 2.24) is 19.9 Å². The number of piperazine rings is 1. The highest BCUT2D eigenvalue weighted by atomic mass is 16.5. The Bertz CT molecular complexity index is 718. The molecule has 0 saturated carbocycles. The number of nitrogens with zero attached hydrogens (tertiary/aromatic N) is 5. The number of benzene rings is 1. The first-order valence-electron chi connectivity index (χ1n) is 8.03. The second-order valence-corrected chi connectivity index (χ2v) is 5.69. The maximum Gasteiger partial charge on any atom is 0.324 e. The molecule has 0 unspecified atom stereocenters. The van der Waals surface area contributed by atoms with Gasteiger partial charge in [0.2, 0.25) is 11.9 Å². The maximum atomic E-state index is 12.1. The third-order valence-corrected chi connectivity index (χ3v) is 4.20. The lowest BCUT2D eigenvalue weighted by Crippen LogP contribution is -2.50. The minimum Gasteiger partial charge on any atom is -0.467 e. The van der Waals surface area contributed by atoms with Crippen LogP contribution in [-0.2, 0) is 4.79 Å². The number of methoxy groups -OCH3 is 2. The summed E-state index contributed by atoms with van der Waals surface area (Å²) in [6, 6.07) is 10.3. The molecular weight excluding hydrogens is 322 g/mol. The highest BCUT2D eigenvalue weighted by Gasteiger charge is 2.31. The molecule has 0 spiro atoms. The van der Waals surface area contributed by atoms with Crippen LogP contribution in [0.3, 0.4) is 0 Å². The Hall–Kier alpha value is -2.90. The predicted molar refractivity (Wildman–Crippen MR) is 91.7 cm³/mol. The van der Waals surface area contributed by atoms with Crippen molar-refractivity contribution in [3.05, 3.63) is 35.9 Å². The van der Waals surface area contributed by atoms with E-state index in [2.05, 4.69) is 15.0 Å². The van der Waals surface area contributed by atoms with Gasteiger partial charge in [-0.1, -0.05) is 30.3 Å². The zero-order valence-electron chi connectivity index (χ0n) is 14.5. The number of amides is 1. The summed E-state index contributed by atoms with van der Waals surface area (Å²) in [6.07, 6.45) is 0. The van der Waals surface area contributed by atoms with Crippen molar-refractivity contribution >= 4 is 11.9 Å². The van der Waals surface area contributed by atoms with E-state index in [1.807, 2.05) is 40.1 Å². The van der Waals surface area contributed by atoms with E-state index in [1.165, 1.54) is 14.2 Å². The summed E-state index contributed by atoms with van der Waals surface area (Å²) in [7, 11) is 3.00. The van der Waals surface area contributed by atoms with E-state index in [-0.39, 0.29) is 24.0 Å². The summed E-state index contributed by atoms with van der Waals surface area (Å²) >= 11 is 0. The second kappa shape index (κ2) is 7.33. The molecular formula is C17H21N5O3. The monoisotopic (exact) mass is 343 g/mol. The number of anilines is 1. The average molecular weight is 343 g/mol. The van der Waals surface area contributed by atoms with Crippen molar-refractivity contribution < 1.29 is 14.3 Å². The Morgan fingerprint density at radius 3 is 2.24 bits per heavy atom. The van der Waals surface area contributed by atoms with E-state index in [9.17, 15) is 4.79 Å². The predicted octanol–water partition coefficient (Wildman–Crippen LogP) is 1.30. The van der Waals surface area contributed by atoms with E-state index in [0.29, 0.717) is 25.6 Å². The lowest BCUT2D eigenvalue weighted by atomic mass is 10.0. The van der Waals surface area contributed by atoms with Gasteiger partial charge < -0.3 is 19.3 Å². The number of carbonyl (C=O) groups is 1. The van der Waals surface area contributed by atoms with Crippen LogP contribution in [0.1, 0.15) is 18.5 Å². The highest BCUT2D eigenvalue weighted by Crippen LogP contribution is 2.28. The molecule has 1 aliphatic heterocycles. The van der Waals surface area contributed by atoms with E-state index in [4.69, 9.17) is 9.47 Å². The number of hydrogen-bond acceptors (Lipinski definition) is 7. The summed E-state index contributed by atoms with van der Waals surface area (Å²) in [6.45, 7) is 3.39. The molecule has 2 aromatic rings. The van der Waals surface area contributed by atoms with Crippen molar-refractivity contribution in [3.8, 4) is 12.0 Å². The minimum absolute atomic E-state index is 0.0549. The van der Waals surface area contributed by atoms with Crippen molar-refractivity contribution in [3.63, 3.8) is 0 Å². The molecule has 8 nitrogen and oxygen atoms in total. The Kier molecular flexibility index (Phi) is 4.97. The van der Waals surface area contributed by atoms with Crippen molar-refractivity contribution in [2.45, 2.75) is 13.0 Å². The molecule has 1 atom stereocenters. The smallest absolute Gasteiger partial charge is 0.324 e. The molecule has 0 N–H and O–H groups in total. The van der Waals surface area contributed by atoms with Gasteiger partial charge in [0, 0.05) is 26.6 Å². The fraction of sp³-hybridized carbons (Fsp3) is 0.412. The van der Waals surface area contributed by atoms with Crippen LogP contribution in [0.5, 0.6) is 12.0 Å². The average Bonchev–Trinajstić information content (AvgIpc) is 2.67. The summed E-state index contributed by atoms with van der Waals surface area (Å²) in [5.74, 6) is 0.534. The first kappa shape index (κ1) is 16.9. The van der Waals surface area contributed by atoms with Gasteiger partial charge in [-0.05, 0) is 5.56 Å². The van der Waals surface area contributed by atoms with Crippen LogP contribution in [0.4, 0.5) is 5.95 Å². The fourth-order valence-electron chi connectivity index (χ4n) is 2.95. The zero-order chi connectivity index (χ0) is 17.8. The Morgan fingerprint density at radius 1 is 1.04 bits per heavy atom. The highest BCUT2D eigenvalue weighted by molar-refractivity contribution is 5.74. The topological polar surface area (TPSA) is 80.7 Å². The summed E-state index contributed by atoms with van der Waals surface area (Å²) in [4.78, 5) is 28.6. The number of carbonyl (C=O) groups excluding carboxylic acids is 1. The van der Waals surface area contributed by atoms with Crippen LogP contribution in [0, 0.1) is 0 Å². The van der Waals surface area contributed by atoms with Gasteiger partial charge in [-0.25, -0.2) is 0 Å². The van der Waals surface area contributed by atoms with Crippen LogP contribution in [0.2, 0.25) is 0 Å². The minimum atomic E-state index is -0.0683. The van der Waals surface area contributed by atoms with Gasteiger partial charge in [-0.2, -0.15) is 9.97 Å². The first-order valence-corrected chi connectivity index (χ1v) is 8.03. The van der Waals surface area contributed by atoms with Crippen LogP contribution >= 0.6 is 0 Å². The Morgan fingerprint density at radius 2 is 1.68 bits per heavy atom. The molecule has 0 aliphatic carbocycles. The van der Waals surface area contributed by atoms with Crippen LogP contribution in [-0.4, -0.2) is 59.6 Å². The molecule has 0 bridgehead atoms. The maximum absolute atomic E-state index is 12.1. The quantitative estimate of drug-likeness (QED) is 0.827. The lowest BCUT2D eigenvalue weighted by molar-refractivity contribution is -0.131. The van der Waals surface area contributed by atoms with E-state index in [0.717, 1.165) is 5.56 Å². The van der Waals surface area contributed by atoms with E-state index < -0.39 is 0 Å². The molecule has 25 heavy (non-hydrogen) atoms. The van der Waals surface area contributed by atoms with Gasteiger partial charge >= 0.3 is 12.0 Å². The van der Waals surface area contributed by atoms with Gasteiger partial charge in [0.25, 0.3) is 0 Å². The van der Waals surface area contributed by atoms with Crippen molar-refractivity contribution in [2.75, 3.05) is 38.8 Å². The number of aromatic nitrogens is 3. The lowest BCUT2D eigenvalue weighted by Gasteiger charge is -2.41. The summed E-state index contributed by atoms with van der Waals surface area (Å²) in [5, 5.41) is 0. The van der Waals surface area contributed by atoms with Gasteiger partial charge in [-0.3, -0.25) is 4.79 Å². The second-order valence-electron chi connectivity index (χ2n) is 5.69. The Labute approximate surface area is 146 Å². The van der Waals surface area contributed by atoms with E-state index in [1.54, 1.807) is 6.92 Å². The molecule has 1 aromatic carbocycles. The molecule has 3 rings (SSSR count). The molecule has 1 aliphatic rings. The third kappa shape index (κ3) is 3.62. The van der Waals surface area contributed by atoms with Gasteiger partial charge in [0.1, 0.15) is 0 Å². The van der Waals surface area contributed by atoms with Crippen molar-refractivity contribution in [1.29, 1.82) is 0 Å². The molecule has 1 amide bonds. The first-order chi connectivity index (χ1) is 12.1. The third-order valence-electron chi connectivity index (χ3n) is 4.20. The zero-order valence-corrected chi connectivity index (χ0v) is 14.5. The number of rotatable bonds is 4. The van der Waals surface area contributed by atoms with E-state index >= 15 is 0 Å². The molecule has 1 fully saturated rings. The molecule has 1 saturated heterocycles. The summed E-state index contributed by atoms with van der Waals surface area (Å²) < 4.78 is 10.3. The molecule has 2 heterocycles. The number of ether oxygens (including phenoxy) is 2.